The second kappa shape index (κ2) is 16.5. The van der Waals surface area contributed by atoms with Gasteiger partial charge in [0.2, 0.25) is 0 Å². The van der Waals surface area contributed by atoms with Crippen LogP contribution in [0.5, 0.6) is 0 Å². The summed E-state index contributed by atoms with van der Waals surface area (Å²) < 4.78 is 0. The van der Waals surface area contributed by atoms with Crippen LogP contribution in [0.1, 0.15) is 139 Å². The summed E-state index contributed by atoms with van der Waals surface area (Å²) in [6.07, 6.45) is 0. The molecule has 0 saturated heterocycles. The van der Waals surface area contributed by atoms with E-state index in [9.17, 15) is 0 Å². The first kappa shape index (κ1) is 48.7. The van der Waals surface area contributed by atoms with Crippen LogP contribution in [0.3, 0.4) is 0 Å². The van der Waals surface area contributed by atoms with Crippen molar-refractivity contribution in [3.05, 3.63) is 225 Å². The van der Waals surface area contributed by atoms with E-state index in [4.69, 9.17) is 0 Å². The first-order valence-corrected chi connectivity index (χ1v) is 25.4. The van der Waals surface area contributed by atoms with E-state index in [-0.39, 0.29) is 42.7 Å². The van der Waals surface area contributed by atoms with Crippen LogP contribution >= 0.6 is 0 Å². The van der Waals surface area contributed by atoms with Crippen molar-refractivity contribution in [2.45, 2.75) is 116 Å². The van der Waals surface area contributed by atoms with Gasteiger partial charge < -0.3 is 9.80 Å². The fraction of sp³-hybridized carbons (Fsp3) is 0.294. The quantitative estimate of drug-likeness (QED) is 0.140. The largest absolute Gasteiger partial charge is 4.00 e. The van der Waals surface area contributed by atoms with Gasteiger partial charge in [0.15, 0.2) is 0 Å². The molecular weight excluding hydrogens is 1040 g/mol. The fourth-order valence-electron chi connectivity index (χ4n) is 12.2. The summed E-state index contributed by atoms with van der Waals surface area (Å²) in [6.45, 7) is 28.0. The summed E-state index contributed by atoms with van der Waals surface area (Å²) in [5, 5.41) is 0. The van der Waals surface area contributed by atoms with Crippen molar-refractivity contribution < 1.29 is 21.1 Å². The Bertz CT molecular complexity index is 3060. The minimum Gasteiger partial charge on any atom is -0.365 e. The minimum absolute atomic E-state index is 0. The van der Waals surface area contributed by atoms with Gasteiger partial charge in [-0.3, -0.25) is 0 Å². The topological polar surface area (TPSA) is 6.48 Å². The number of nitrogens with zero attached hydrogens (tertiary/aromatic N) is 2. The van der Waals surface area contributed by atoms with Gasteiger partial charge in [0.05, 0.1) is 11.1 Å². The van der Waals surface area contributed by atoms with Gasteiger partial charge in [0, 0.05) is 25.5 Å². The van der Waals surface area contributed by atoms with Crippen LogP contribution in [-0.2, 0) is 53.8 Å². The monoisotopic (exact) mass is 1110 g/mol. The van der Waals surface area contributed by atoms with Crippen molar-refractivity contribution in [3.63, 3.8) is 0 Å². The maximum Gasteiger partial charge on any atom is 4.00 e. The zero-order valence-electron chi connectivity index (χ0n) is 44.2. The Kier molecular flexibility index (Phi) is 11.3. The Hall–Kier alpha value is -5.95. The second-order valence-electron chi connectivity index (χ2n) is 24.6. The molecule has 0 saturated carbocycles. The second-order valence-corrected chi connectivity index (χ2v) is 24.6. The molecule has 358 valence electrons. The molecule has 8 aromatic carbocycles. The van der Waals surface area contributed by atoms with Crippen LogP contribution in [0.15, 0.2) is 158 Å². The van der Waals surface area contributed by atoms with E-state index in [0.29, 0.717) is 0 Å². The van der Waals surface area contributed by atoms with Crippen molar-refractivity contribution in [2.24, 2.45) is 0 Å². The van der Waals surface area contributed by atoms with Gasteiger partial charge in [-0.15, -0.1) is 59.7 Å². The fourth-order valence-corrected chi connectivity index (χ4v) is 12.2. The number of fused-ring (bicyclic) bond motifs is 20. The third-order valence-electron chi connectivity index (χ3n) is 16.2. The van der Waals surface area contributed by atoms with Gasteiger partial charge in [-0.05, 0) is 101 Å². The molecule has 11 rings (SSSR count). The Balaban J connectivity index is 0.00000582. The molecule has 3 heteroatoms. The van der Waals surface area contributed by atoms with E-state index >= 15 is 0 Å². The molecule has 4 bridgehead atoms. The van der Waals surface area contributed by atoms with Crippen LogP contribution in [0.4, 0.5) is 11.4 Å². The average molecular weight is 1110 g/mol. The van der Waals surface area contributed by atoms with Gasteiger partial charge in [0.25, 0.3) is 0 Å². The van der Waals surface area contributed by atoms with E-state index in [1.54, 1.807) is 0 Å². The van der Waals surface area contributed by atoms with Gasteiger partial charge >= 0.3 is 21.1 Å². The molecule has 1 aliphatic heterocycles. The number of benzene rings is 8. The van der Waals surface area contributed by atoms with Gasteiger partial charge in [-0.1, -0.05) is 215 Å². The molecule has 0 amide bonds. The minimum atomic E-state index is -0.765. The predicted molar refractivity (Wildman–Crippen MR) is 297 cm³/mol. The molecule has 2 spiro atoms. The Labute approximate surface area is 439 Å². The average Bonchev–Trinajstić information content (AvgIpc) is 3.79. The smallest absolute Gasteiger partial charge is 0.365 e. The van der Waals surface area contributed by atoms with E-state index in [2.05, 4.69) is 277 Å². The van der Waals surface area contributed by atoms with E-state index in [0.717, 1.165) is 44.8 Å². The molecule has 0 atom stereocenters. The Morgan fingerprint density at radius 2 is 0.606 bits per heavy atom. The molecule has 2 nitrogen and oxygen atoms in total. The predicted octanol–water partition coefficient (Wildman–Crippen LogP) is 16.9. The standard InChI is InChI=1S/C68H68N2.Pt/c1-63(2,3)45-29-33-53-54-34-30-46(64(4,5)6)40-58(54)67(57(53)39-45)49-23-19-21-43(37-49)52-26-16-18-28-62(52)70(14)68(50-24-20-22-44(38-50)51-25-15-17-27-61(51)69(67)13)59-41-47(65(7,8)9)31-35-55(59)56-36-32-48(42-60(56)68)66(10,11)12;/h15-36,39-42H,1-14H3;/q-2;+4. The maximum atomic E-state index is 4.27. The molecule has 0 fully saturated rings. The molecule has 0 N–H and O–H groups in total. The summed E-state index contributed by atoms with van der Waals surface area (Å²) in [5.41, 5.74) is 22.5. The van der Waals surface area contributed by atoms with Crippen LogP contribution < -0.4 is 9.80 Å². The number of hydrogen-bond acceptors (Lipinski definition) is 2. The van der Waals surface area contributed by atoms with E-state index < -0.39 is 11.1 Å². The molecule has 2 aliphatic carbocycles. The van der Waals surface area contributed by atoms with Crippen molar-refractivity contribution in [1.29, 1.82) is 0 Å². The molecule has 71 heavy (non-hydrogen) atoms. The number of rotatable bonds is 0. The van der Waals surface area contributed by atoms with Crippen LogP contribution in [0.2, 0.25) is 0 Å². The summed E-state index contributed by atoms with van der Waals surface area (Å²) in [5.74, 6) is 0. The maximum absolute atomic E-state index is 4.27. The summed E-state index contributed by atoms with van der Waals surface area (Å²) in [4.78, 5) is 5.18. The number of anilines is 2. The normalized spacial score (nSPS) is 15.2. The third-order valence-corrected chi connectivity index (χ3v) is 16.2. The number of para-hydroxylation sites is 2. The molecule has 0 unspecified atom stereocenters. The zero-order valence-corrected chi connectivity index (χ0v) is 46.5. The third kappa shape index (κ3) is 7.28. The van der Waals surface area contributed by atoms with Crippen LogP contribution in [0, 0.1) is 12.1 Å². The van der Waals surface area contributed by atoms with Crippen molar-refractivity contribution in [2.75, 3.05) is 23.9 Å². The van der Waals surface area contributed by atoms with Gasteiger partial charge in [-0.2, -0.15) is 0 Å². The van der Waals surface area contributed by atoms with Crippen LogP contribution in [0.25, 0.3) is 44.5 Å². The summed E-state index contributed by atoms with van der Waals surface area (Å²) in [7, 11) is 4.66. The molecule has 8 aromatic rings. The van der Waals surface area contributed by atoms with Crippen molar-refractivity contribution in [1.82, 2.24) is 0 Å². The SMILES string of the molecule is CN1c2ccccc2-c2[c-]c(ccc2)C2(c3cc(C(C)(C)C)ccc3-c3ccc(C(C)(C)C)cc32)N(C)c2ccccc2-c2[c-]c(ccc2)C12c1cc(C(C)(C)C)ccc1-c1ccc(C(C)(C)C)cc12.[Pt+4]. The van der Waals surface area contributed by atoms with E-state index in [1.165, 1.54) is 66.8 Å². The first-order valence-electron chi connectivity index (χ1n) is 25.4. The number of hydrogen-bond donors (Lipinski definition) is 0. The molecule has 0 radical (unpaired) electrons. The Morgan fingerprint density at radius 3 is 0.887 bits per heavy atom. The van der Waals surface area contributed by atoms with E-state index in [1.807, 2.05) is 0 Å². The van der Waals surface area contributed by atoms with Gasteiger partial charge in [0.1, 0.15) is 0 Å². The first-order chi connectivity index (χ1) is 33.0. The summed E-state index contributed by atoms with van der Waals surface area (Å²) in [6, 6.07) is 69.5. The molecular formula is C68H68N2Pt+2. The molecule has 3 aliphatic rings. The summed E-state index contributed by atoms with van der Waals surface area (Å²) >= 11 is 0. The van der Waals surface area contributed by atoms with Crippen LogP contribution in [-0.4, -0.2) is 14.1 Å². The zero-order chi connectivity index (χ0) is 49.5. The Morgan fingerprint density at radius 1 is 0.324 bits per heavy atom. The van der Waals surface area contributed by atoms with Crippen molar-refractivity contribution >= 4 is 11.4 Å². The van der Waals surface area contributed by atoms with Crippen molar-refractivity contribution in [3.8, 4) is 44.5 Å². The molecule has 1 heterocycles. The van der Waals surface area contributed by atoms with Gasteiger partial charge in [-0.25, -0.2) is 0 Å². The molecule has 0 aromatic heterocycles.